The van der Waals surface area contributed by atoms with E-state index in [-0.39, 0.29) is 37.4 Å². The van der Waals surface area contributed by atoms with E-state index in [1.165, 1.54) is 11.0 Å². The second-order valence-electron chi connectivity index (χ2n) is 4.23. The first-order chi connectivity index (χ1) is 9.62. The highest BCUT2D eigenvalue weighted by molar-refractivity contribution is 6.29. The summed E-state index contributed by atoms with van der Waals surface area (Å²) < 4.78 is 0. The molecule has 1 amide bonds. The third kappa shape index (κ3) is 4.96. The van der Waals surface area contributed by atoms with Gasteiger partial charge >= 0.3 is 0 Å². The maximum Gasteiger partial charge on any atom is 0.254 e. The molecule has 6 nitrogen and oxygen atoms in total. The summed E-state index contributed by atoms with van der Waals surface area (Å²) in [7, 11) is 0. The predicted molar refractivity (Wildman–Crippen MR) is 78.1 cm³/mol. The zero-order valence-electron chi connectivity index (χ0n) is 11.5. The van der Waals surface area contributed by atoms with E-state index in [0.717, 1.165) is 13.0 Å². The molecule has 0 aliphatic heterocycles. The lowest BCUT2D eigenvalue weighted by atomic mass is 10.2. The first-order valence-electron chi connectivity index (χ1n) is 6.54. The third-order valence-corrected chi connectivity index (χ3v) is 2.82. The van der Waals surface area contributed by atoms with Crippen LogP contribution in [-0.2, 0) is 0 Å². The molecule has 1 aromatic heterocycles. The van der Waals surface area contributed by atoms with Crippen LogP contribution in [-0.4, -0.2) is 58.9 Å². The van der Waals surface area contributed by atoms with Crippen LogP contribution in [0.5, 0.6) is 0 Å². The van der Waals surface area contributed by atoms with E-state index < -0.39 is 0 Å². The van der Waals surface area contributed by atoms with E-state index in [9.17, 15) is 4.79 Å². The zero-order chi connectivity index (χ0) is 15.0. The van der Waals surface area contributed by atoms with E-state index in [1.807, 2.05) is 6.92 Å². The molecule has 0 aliphatic carbocycles. The van der Waals surface area contributed by atoms with Crippen LogP contribution < -0.4 is 5.32 Å². The van der Waals surface area contributed by atoms with Gasteiger partial charge in [0.05, 0.1) is 13.2 Å². The van der Waals surface area contributed by atoms with Crippen molar-refractivity contribution in [2.75, 3.05) is 38.2 Å². The highest BCUT2D eigenvalue weighted by Gasteiger charge is 2.16. The second-order valence-corrected chi connectivity index (χ2v) is 4.62. The van der Waals surface area contributed by atoms with Crippen LogP contribution in [0.4, 0.5) is 5.82 Å². The Morgan fingerprint density at radius 1 is 1.35 bits per heavy atom. The number of aliphatic hydroxyl groups excluding tert-OH is 2. The number of halogens is 1. The minimum Gasteiger partial charge on any atom is -0.395 e. The van der Waals surface area contributed by atoms with Gasteiger partial charge in [-0.05, 0) is 18.6 Å². The molecular formula is C13H20ClN3O3. The molecule has 0 saturated carbocycles. The minimum absolute atomic E-state index is 0.161. The highest BCUT2D eigenvalue weighted by Crippen LogP contribution is 2.16. The highest BCUT2D eigenvalue weighted by atomic mass is 35.5. The number of aromatic nitrogens is 1. The van der Waals surface area contributed by atoms with Crippen LogP contribution in [0.15, 0.2) is 12.1 Å². The number of hydrogen-bond acceptors (Lipinski definition) is 5. The molecule has 0 aromatic carbocycles. The number of amides is 1. The van der Waals surface area contributed by atoms with Gasteiger partial charge in [-0.2, -0.15) is 0 Å². The van der Waals surface area contributed by atoms with Crippen LogP contribution >= 0.6 is 11.6 Å². The molecule has 0 unspecified atom stereocenters. The summed E-state index contributed by atoms with van der Waals surface area (Å²) >= 11 is 5.91. The summed E-state index contributed by atoms with van der Waals surface area (Å²) in [6, 6.07) is 3.09. The molecule has 7 heteroatoms. The van der Waals surface area contributed by atoms with Crippen molar-refractivity contribution in [3.05, 3.63) is 22.8 Å². The van der Waals surface area contributed by atoms with Crippen LogP contribution in [0, 0.1) is 0 Å². The van der Waals surface area contributed by atoms with E-state index in [2.05, 4.69) is 10.3 Å². The summed E-state index contributed by atoms with van der Waals surface area (Å²) in [4.78, 5) is 17.8. The van der Waals surface area contributed by atoms with Crippen molar-refractivity contribution >= 4 is 23.3 Å². The van der Waals surface area contributed by atoms with E-state index in [0.29, 0.717) is 11.4 Å². The number of nitrogens with zero attached hydrogens (tertiary/aromatic N) is 2. The molecule has 0 aliphatic rings. The summed E-state index contributed by atoms with van der Waals surface area (Å²) in [6.07, 6.45) is 0.929. The van der Waals surface area contributed by atoms with Gasteiger partial charge in [-0.15, -0.1) is 0 Å². The lowest BCUT2D eigenvalue weighted by Crippen LogP contribution is -2.35. The second kappa shape index (κ2) is 8.73. The molecule has 1 heterocycles. The Bertz CT molecular complexity index is 437. The molecule has 112 valence electrons. The molecular weight excluding hydrogens is 282 g/mol. The van der Waals surface area contributed by atoms with Gasteiger partial charge in [-0.1, -0.05) is 18.5 Å². The molecule has 20 heavy (non-hydrogen) atoms. The van der Waals surface area contributed by atoms with E-state index >= 15 is 0 Å². The fraction of sp³-hybridized carbons (Fsp3) is 0.538. The Balaban J connectivity index is 2.92. The Morgan fingerprint density at radius 3 is 2.55 bits per heavy atom. The molecule has 0 fully saturated rings. The van der Waals surface area contributed by atoms with Gasteiger partial charge in [0.2, 0.25) is 0 Å². The average molecular weight is 302 g/mol. The van der Waals surface area contributed by atoms with Crippen molar-refractivity contribution in [2.45, 2.75) is 13.3 Å². The van der Waals surface area contributed by atoms with Gasteiger partial charge in [-0.25, -0.2) is 4.98 Å². The van der Waals surface area contributed by atoms with Gasteiger partial charge in [0.25, 0.3) is 5.91 Å². The number of carbonyl (C=O) groups excluding carboxylic acids is 1. The summed E-state index contributed by atoms with van der Waals surface area (Å²) in [5, 5.41) is 21.2. The molecule has 1 rings (SSSR count). The van der Waals surface area contributed by atoms with Gasteiger partial charge in [0.15, 0.2) is 0 Å². The van der Waals surface area contributed by atoms with Gasteiger partial charge in [0, 0.05) is 25.2 Å². The van der Waals surface area contributed by atoms with Crippen molar-refractivity contribution in [3.8, 4) is 0 Å². The van der Waals surface area contributed by atoms with Crippen LogP contribution in [0.1, 0.15) is 23.7 Å². The first-order valence-corrected chi connectivity index (χ1v) is 6.92. The lowest BCUT2D eigenvalue weighted by molar-refractivity contribution is 0.0685. The number of carbonyl (C=O) groups is 1. The van der Waals surface area contributed by atoms with Crippen molar-refractivity contribution < 1.29 is 15.0 Å². The first kappa shape index (κ1) is 16.7. The molecule has 0 radical (unpaired) electrons. The predicted octanol–water partition coefficient (Wildman–Crippen LogP) is 0.984. The Labute approximate surface area is 123 Å². The van der Waals surface area contributed by atoms with Crippen molar-refractivity contribution in [3.63, 3.8) is 0 Å². The van der Waals surface area contributed by atoms with Gasteiger partial charge in [0.1, 0.15) is 11.0 Å². The number of rotatable bonds is 8. The number of hydrogen-bond donors (Lipinski definition) is 3. The molecule has 3 N–H and O–H groups in total. The zero-order valence-corrected chi connectivity index (χ0v) is 12.2. The number of nitrogens with one attached hydrogen (secondary N) is 1. The van der Waals surface area contributed by atoms with Crippen LogP contribution in [0.3, 0.4) is 0 Å². The molecule has 0 atom stereocenters. The van der Waals surface area contributed by atoms with Crippen LogP contribution in [0.2, 0.25) is 5.15 Å². The monoisotopic (exact) mass is 301 g/mol. The molecule has 1 aromatic rings. The Morgan fingerprint density at radius 2 is 2.00 bits per heavy atom. The third-order valence-electron chi connectivity index (χ3n) is 2.62. The van der Waals surface area contributed by atoms with Crippen molar-refractivity contribution in [1.29, 1.82) is 0 Å². The SMILES string of the molecule is CCCNc1cc(C(=O)N(CCO)CCO)cc(Cl)n1. The Hall–Kier alpha value is -1.37. The normalized spacial score (nSPS) is 10.4. The van der Waals surface area contributed by atoms with E-state index in [1.54, 1.807) is 6.07 Å². The van der Waals surface area contributed by atoms with Gasteiger partial charge < -0.3 is 20.4 Å². The topological polar surface area (TPSA) is 85.7 Å². The molecule has 0 bridgehead atoms. The van der Waals surface area contributed by atoms with Crippen LogP contribution in [0.25, 0.3) is 0 Å². The van der Waals surface area contributed by atoms with Gasteiger partial charge in [-0.3, -0.25) is 4.79 Å². The number of aliphatic hydroxyl groups is 2. The smallest absolute Gasteiger partial charge is 0.254 e. The summed E-state index contributed by atoms with van der Waals surface area (Å²) in [5.41, 5.74) is 0.380. The van der Waals surface area contributed by atoms with E-state index in [4.69, 9.17) is 21.8 Å². The molecule has 0 spiro atoms. The number of pyridine rings is 1. The minimum atomic E-state index is -0.294. The van der Waals surface area contributed by atoms with Crippen molar-refractivity contribution in [1.82, 2.24) is 9.88 Å². The average Bonchev–Trinajstić information content (AvgIpc) is 2.43. The quantitative estimate of drug-likeness (QED) is 0.623. The fourth-order valence-electron chi connectivity index (χ4n) is 1.70. The standard InChI is InChI=1S/C13H20ClN3O3/c1-2-3-15-12-9-10(8-11(14)16-12)13(20)17(4-6-18)5-7-19/h8-9,18-19H,2-7H2,1H3,(H,15,16). The summed E-state index contributed by atoms with van der Waals surface area (Å²) in [6.45, 7) is 2.76. The molecule has 0 saturated heterocycles. The van der Waals surface area contributed by atoms with Crippen molar-refractivity contribution in [2.24, 2.45) is 0 Å². The Kier molecular flexibility index (Phi) is 7.28. The fourth-order valence-corrected chi connectivity index (χ4v) is 1.91. The summed E-state index contributed by atoms with van der Waals surface area (Å²) in [5.74, 6) is 0.243. The number of anilines is 1. The maximum absolute atomic E-state index is 12.3. The maximum atomic E-state index is 12.3. The lowest BCUT2D eigenvalue weighted by Gasteiger charge is -2.21. The largest absolute Gasteiger partial charge is 0.395 e.